The summed E-state index contributed by atoms with van der Waals surface area (Å²) in [5.41, 5.74) is 5.49. The van der Waals surface area contributed by atoms with Gasteiger partial charge in [-0.05, 0) is 37.1 Å². The highest BCUT2D eigenvalue weighted by molar-refractivity contribution is 8.15. The molecule has 0 spiro atoms. The average molecular weight is 549 g/mol. The first-order valence-corrected chi connectivity index (χ1v) is 13.3. The van der Waals surface area contributed by atoms with Crippen LogP contribution in [0.2, 0.25) is 0 Å². The van der Waals surface area contributed by atoms with E-state index in [0.717, 1.165) is 0 Å². The van der Waals surface area contributed by atoms with Gasteiger partial charge in [0.05, 0.1) is 23.7 Å². The molecule has 0 unspecified atom stereocenters. The van der Waals surface area contributed by atoms with Crippen molar-refractivity contribution < 1.29 is 26.4 Å². The fourth-order valence-corrected chi connectivity index (χ4v) is 7.24. The molecule has 2 aromatic heterocycles. The van der Waals surface area contributed by atoms with Crippen LogP contribution >= 0.6 is 11.8 Å². The van der Waals surface area contributed by atoms with Crippen LogP contribution in [0.1, 0.15) is 41.9 Å². The van der Waals surface area contributed by atoms with E-state index in [1.807, 2.05) is 0 Å². The number of nitrogens with two attached hydrogens (primary N) is 1. The van der Waals surface area contributed by atoms with Gasteiger partial charge in [-0.2, -0.15) is 0 Å². The normalized spacial score (nSPS) is 25.1. The molecule has 2 N–H and O–H groups in total. The first kappa shape index (κ1) is 25.3. The van der Waals surface area contributed by atoms with Crippen molar-refractivity contribution in [3.05, 3.63) is 65.0 Å². The third-order valence-corrected chi connectivity index (χ3v) is 8.70. The predicted molar refractivity (Wildman–Crippen MR) is 133 cm³/mol. The summed E-state index contributed by atoms with van der Waals surface area (Å²) in [6, 6.07) is 4.16. The molecule has 3 aromatic rings. The van der Waals surface area contributed by atoms with Crippen LogP contribution in [0.5, 0.6) is 5.88 Å². The average Bonchev–Trinajstić information content (AvgIpc) is 3.40. The van der Waals surface area contributed by atoms with Gasteiger partial charge in [-0.15, -0.1) is 10.2 Å². The van der Waals surface area contributed by atoms with Crippen molar-refractivity contribution in [1.29, 1.82) is 0 Å². The van der Waals surface area contributed by atoms with E-state index in [1.165, 1.54) is 48.4 Å². The van der Waals surface area contributed by atoms with Crippen LogP contribution in [0.4, 0.5) is 8.78 Å². The zero-order valence-corrected chi connectivity index (χ0v) is 21.4. The number of fused-ring (bicyclic) bond motifs is 1. The fraction of sp³-hybridized carbons (Fsp3) is 0.348. The second-order valence-electron chi connectivity index (χ2n) is 8.99. The van der Waals surface area contributed by atoms with Gasteiger partial charge >= 0.3 is 0 Å². The molecule has 1 saturated carbocycles. The Morgan fingerprint density at radius 1 is 1.32 bits per heavy atom. The third-order valence-electron chi connectivity index (χ3n) is 6.36. The van der Waals surface area contributed by atoms with E-state index < -0.39 is 32.6 Å². The Labute approximate surface area is 216 Å². The zero-order chi connectivity index (χ0) is 26.4. The highest BCUT2D eigenvalue weighted by atomic mass is 32.2. The van der Waals surface area contributed by atoms with E-state index in [0.29, 0.717) is 17.9 Å². The molecule has 0 bridgehead atoms. The second kappa shape index (κ2) is 9.49. The number of hydrogen-bond acceptors (Lipinski definition) is 11. The van der Waals surface area contributed by atoms with Crippen molar-refractivity contribution in [3.8, 4) is 5.88 Å². The summed E-state index contributed by atoms with van der Waals surface area (Å²) in [5.74, 6) is -0.705. The quantitative estimate of drug-likeness (QED) is 0.403. The molecule has 1 fully saturated rings. The minimum Gasteiger partial charge on any atom is -0.466 e. The molecule has 3 atom stereocenters. The highest BCUT2D eigenvalue weighted by Crippen LogP contribution is 2.66. The minimum absolute atomic E-state index is 0.0105. The van der Waals surface area contributed by atoms with E-state index in [4.69, 9.17) is 14.9 Å². The molecule has 0 radical (unpaired) electrons. The molecule has 10 nitrogen and oxygen atoms in total. The van der Waals surface area contributed by atoms with Gasteiger partial charge in [-0.3, -0.25) is 4.99 Å². The largest absolute Gasteiger partial charge is 0.466 e. The number of amidine groups is 1. The highest BCUT2D eigenvalue weighted by Gasteiger charge is 2.66. The molecule has 1 aliphatic heterocycles. The fourth-order valence-electron chi connectivity index (χ4n) is 4.61. The maximum atomic E-state index is 15.0. The number of aliphatic imine (C=N–C) groups is 1. The molecule has 37 heavy (non-hydrogen) atoms. The summed E-state index contributed by atoms with van der Waals surface area (Å²) in [4.78, 5) is 12.6. The number of thioether (sulfide) groups is 1. The molecule has 1 aliphatic carbocycles. The number of aromatic nitrogens is 4. The summed E-state index contributed by atoms with van der Waals surface area (Å²) in [5, 5.41) is 7.70. The van der Waals surface area contributed by atoms with Crippen LogP contribution in [0.15, 0.2) is 40.0 Å². The van der Waals surface area contributed by atoms with E-state index >= 15 is 8.78 Å². The van der Waals surface area contributed by atoms with Crippen LogP contribution in [-0.4, -0.2) is 44.3 Å². The summed E-state index contributed by atoms with van der Waals surface area (Å²) < 4.78 is 62.9. The minimum atomic E-state index is -2.64. The van der Waals surface area contributed by atoms with E-state index in [2.05, 4.69) is 25.2 Å². The van der Waals surface area contributed by atoms with Crippen LogP contribution in [0.25, 0.3) is 11.9 Å². The number of benzene rings is 1. The van der Waals surface area contributed by atoms with Gasteiger partial charge in [0.25, 0.3) is 5.89 Å². The van der Waals surface area contributed by atoms with Crippen LogP contribution in [0, 0.1) is 18.7 Å². The maximum absolute atomic E-state index is 15.0. The first-order valence-electron chi connectivity index (χ1n) is 11.2. The Balaban J connectivity index is 1.36. The first-order chi connectivity index (χ1) is 17.6. The van der Waals surface area contributed by atoms with Crippen molar-refractivity contribution in [1.82, 2.24) is 20.2 Å². The summed E-state index contributed by atoms with van der Waals surface area (Å²) in [6.45, 7) is 3.37. The zero-order valence-electron chi connectivity index (χ0n) is 19.7. The number of aryl methyl sites for hydroxylation is 1. The summed E-state index contributed by atoms with van der Waals surface area (Å²) >= 11 is 1.22. The molecule has 0 saturated heterocycles. The Morgan fingerprint density at radius 3 is 2.81 bits per heavy atom. The van der Waals surface area contributed by atoms with Crippen molar-refractivity contribution in [2.24, 2.45) is 16.6 Å². The van der Waals surface area contributed by atoms with Crippen LogP contribution in [0.3, 0.4) is 0 Å². The molecular formula is C23H22F2N6O4S2. The topological polar surface area (TPSA) is 146 Å². The lowest BCUT2D eigenvalue weighted by molar-refractivity contribution is 0.250. The van der Waals surface area contributed by atoms with Gasteiger partial charge in [0, 0.05) is 23.2 Å². The van der Waals surface area contributed by atoms with Gasteiger partial charge in [0.2, 0.25) is 11.8 Å². The van der Waals surface area contributed by atoms with Gasteiger partial charge in [0.1, 0.15) is 22.2 Å². The number of ether oxygens (including phenoxy) is 1. The van der Waals surface area contributed by atoms with Gasteiger partial charge in [-0.1, -0.05) is 17.8 Å². The lowest BCUT2D eigenvalue weighted by atomic mass is 9.85. The van der Waals surface area contributed by atoms with Crippen molar-refractivity contribution in [2.75, 3.05) is 5.75 Å². The van der Waals surface area contributed by atoms with E-state index in [1.54, 1.807) is 13.8 Å². The SMILES string of the molecule is Cc1nnc(COc2cnc(/C(F)=C/c3ccc(F)c([C@@]4(C)N=C(N)S[C@]5(C[SH](=O)=O)C[C@H]54)c3)cn2)o1. The lowest BCUT2D eigenvalue weighted by Gasteiger charge is -2.33. The van der Waals surface area contributed by atoms with Crippen LogP contribution < -0.4 is 10.5 Å². The molecule has 1 aromatic carbocycles. The number of halogens is 2. The second-order valence-corrected chi connectivity index (χ2v) is 11.4. The molecule has 0 amide bonds. The maximum Gasteiger partial charge on any atom is 0.253 e. The lowest BCUT2D eigenvalue weighted by Crippen LogP contribution is -2.37. The summed E-state index contributed by atoms with van der Waals surface area (Å²) in [6.07, 6.45) is 4.20. The molecule has 14 heteroatoms. The van der Waals surface area contributed by atoms with Gasteiger partial charge in [0.15, 0.2) is 17.6 Å². The molecular weight excluding hydrogens is 526 g/mol. The Kier molecular flexibility index (Phi) is 6.48. The summed E-state index contributed by atoms with van der Waals surface area (Å²) in [7, 11) is -2.64. The van der Waals surface area contributed by atoms with E-state index in [-0.39, 0.29) is 46.5 Å². The number of rotatable bonds is 8. The molecule has 3 heterocycles. The predicted octanol–water partition coefficient (Wildman–Crippen LogP) is 3.00. The Bertz CT molecular complexity index is 1480. The standard InChI is InChI=1S/C23H22F2N6O4S2/c1-12-30-31-20(35-12)10-34-19-9-27-17(8-28-19)16(25)6-13-3-4-15(24)14(5-13)22(2)18-7-23(18,11-37(32)33)36-21(26)29-22/h3-6,8-9,18,37H,7,10-11H2,1-2H3,(H2,26,29)/b16-6-/t18-,22+,23-/m0/s1. The van der Waals surface area contributed by atoms with Gasteiger partial charge < -0.3 is 14.9 Å². The number of thiol groups is 1. The number of hydrogen-bond donors (Lipinski definition) is 2. The van der Waals surface area contributed by atoms with E-state index in [9.17, 15) is 8.42 Å². The van der Waals surface area contributed by atoms with Gasteiger partial charge in [-0.25, -0.2) is 27.2 Å². The molecule has 194 valence electrons. The molecule has 5 rings (SSSR count). The monoisotopic (exact) mass is 548 g/mol. The van der Waals surface area contributed by atoms with Crippen molar-refractivity contribution >= 4 is 39.5 Å². The smallest absolute Gasteiger partial charge is 0.253 e. The Hall–Kier alpha value is -3.39. The van der Waals surface area contributed by atoms with Crippen molar-refractivity contribution in [3.63, 3.8) is 0 Å². The Morgan fingerprint density at radius 2 is 2.14 bits per heavy atom. The molecule has 2 aliphatic rings. The van der Waals surface area contributed by atoms with Crippen LogP contribution in [-0.2, 0) is 22.8 Å². The van der Waals surface area contributed by atoms with Crippen molar-refractivity contribution in [2.45, 2.75) is 37.2 Å². The third kappa shape index (κ3) is 5.07. The number of nitrogens with zero attached hydrogens (tertiary/aromatic N) is 5.